The smallest absolute Gasteiger partial charge is 0.0746 e. The van der Waals surface area contributed by atoms with Crippen LogP contribution < -0.4 is 5.32 Å². The van der Waals surface area contributed by atoms with Gasteiger partial charge in [0.05, 0.1) is 5.60 Å². The Morgan fingerprint density at radius 3 is 2.73 bits per heavy atom. The number of ether oxygens (including phenoxy) is 1. The van der Waals surface area contributed by atoms with E-state index in [1.165, 1.54) is 4.88 Å². The second-order valence-electron chi connectivity index (χ2n) is 4.32. The van der Waals surface area contributed by atoms with Gasteiger partial charge in [-0.2, -0.15) is 0 Å². The first kappa shape index (κ1) is 12.7. The van der Waals surface area contributed by atoms with Crippen LogP contribution in [0.4, 0.5) is 0 Å². The van der Waals surface area contributed by atoms with Crippen molar-refractivity contribution >= 4 is 11.3 Å². The summed E-state index contributed by atoms with van der Waals surface area (Å²) in [5, 5.41) is 5.67. The van der Waals surface area contributed by atoms with E-state index in [2.05, 4.69) is 43.6 Å². The lowest BCUT2D eigenvalue weighted by atomic mass is 10.1. The predicted octanol–water partition coefficient (Wildman–Crippen LogP) is 3.21. The molecule has 0 aliphatic carbocycles. The minimum atomic E-state index is -0.0926. The van der Waals surface area contributed by atoms with Crippen LogP contribution in [0.2, 0.25) is 0 Å². The molecule has 0 amide bonds. The number of hydrogen-bond acceptors (Lipinski definition) is 3. The quantitative estimate of drug-likeness (QED) is 0.805. The van der Waals surface area contributed by atoms with Crippen LogP contribution in [-0.4, -0.2) is 19.3 Å². The molecule has 1 aromatic rings. The fourth-order valence-electron chi connectivity index (χ4n) is 1.38. The maximum Gasteiger partial charge on any atom is 0.0746 e. The van der Waals surface area contributed by atoms with E-state index in [9.17, 15) is 0 Å². The average Bonchev–Trinajstić information content (AvgIpc) is 2.72. The molecule has 1 N–H and O–H groups in total. The van der Waals surface area contributed by atoms with Gasteiger partial charge in [-0.05, 0) is 31.7 Å². The van der Waals surface area contributed by atoms with Crippen LogP contribution in [0.3, 0.4) is 0 Å². The summed E-state index contributed by atoms with van der Waals surface area (Å²) in [5.74, 6) is 0. The summed E-state index contributed by atoms with van der Waals surface area (Å²) in [6, 6.07) is 4.75. The first-order valence-corrected chi connectivity index (χ1v) is 6.29. The number of thiophene rings is 1. The van der Waals surface area contributed by atoms with E-state index >= 15 is 0 Å². The zero-order valence-corrected chi connectivity index (χ0v) is 10.9. The van der Waals surface area contributed by atoms with Crippen molar-refractivity contribution in [1.82, 2.24) is 5.32 Å². The summed E-state index contributed by atoms with van der Waals surface area (Å²) in [5.41, 5.74) is -0.0926. The van der Waals surface area contributed by atoms with E-state index in [4.69, 9.17) is 4.74 Å². The maximum absolute atomic E-state index is 5.39. The molecule has 15 heavy (non-hydrogen) atoms. The molecule has 1 aromatic heterocycles. The molecule has 1 atom stereocenters. The molecule has 2 nitrogen and oxygen atoms in total. The number of methoxy groups -OCH3 is 1. The van der Waals surface area contributed by atoms with Gasteiger partial charge >= 0.3 is 0 Å². The highest BCUT2D eigenvalue weighted by atomic mass is 32.1. The van der Waals surface area contributed by atoms with Crippen LogP contribution in [-0.2, 0) is 4.74 Å². The van der Waals surface area contributed by atoms with Gasteiger partial charge in [0, 0.05) is 24.6 Å². The van der Waals surface area contributed by atoms with Gasteiger partial charge < -0.3 is 10.1 Å². The van der Waals surface area contributed by atoms with Crippen molar-refractivity contribution in [2.24, 2.45) is 0 Å². The molecule has 0 saturated carbocycles. The Labute approximate surface area is 96.7 Å². The molecular weight excluding hydrogens is 206 g/mol. The van der Waals surface area contributed by atoms with Crippen LogP contribution in [0.5, 0.6) is 0 Å². The molecule has 0 saturated heterocycles. The zero-order valence-electron chi connectivity index (χ0n) is 10.0. The first-order chi connectivity index (χ1) is 7.09. The summed E-state index contributed by atoms with van der Waals surface area (Å²) in [6.07, 6.45) is 1.11. The summed E-state index contributed by atoms with van der Waals surface area (Å²) in [6.45, 7) is 7.28. The van der Waals surface area contributed by atoms with E-state index in [1.54, 1.807) is 7.11 Å². The fourth-order valence-corrected chi connectivity index (χ4v) is 2.26. The first-order valence-electron chi connectivity index (χ1n) is 5.41. The lowest BCUT2D eigenvalue weighted by molar-refractivity contribution is 0.0210. The SMILES string of the molecule is CCC(NCC(C)(C)OC)c1cccs1. The molecule has 0 bridgehead atoms. The maximum atomic E-state index is 5.39. The number of hydrogen-bond donors (Lipinski definition) is 1. The Kier molecular flexibility index (Phi) is 4.77. The van der Waals surface area contributed by atoms with Crippen LogP contribution in [0.1, 0.15) is 38.1 Å². The van der Waals surface area contributed by atoms with Gasteiger partial charge in [0.1, 0.15) is 0 Å². The zero-order chi connectivity index (χ0) is 11.3. The Morgan fingerprint density at radius 2 is 2.27 bits per heavy atom. The van der Waals surface area contributed by atoms with Gasteiger partial charge in [0.15, 0.2) is 0 Å². The van der Waals surface area contributed by atoms with E-state index in [0.29, 0.717) is 6.04 Å². The van der Waals surface area contributed by atoms with Crippen molar-refractivity contribution in [3.8, 4) is 0 Å². The molecule has 1 unspecified atom stereocenters. The Morgan fingerprint density at radius 1 is 1.53 bits per heavy atom. The third-order valence-electron chi connectivity index (χ3n) is 2.62. The number of nitrogens with one attached hydrogen (secondary N) is 1. The second kappa shape index (κ2) is 5.64. The molecule has 0 aromatic carbocycles. The Hall–Kier alpha value is -0.380. The summed E-state index contributed by atoms with van der Waals surface area (Å²) in [7, 11) is 1.76. The van der Waals surface area contributed by atoms with Crippen LogP contribution in [0, 0.1) is 0 Å². The highest BCUT2D eigenvalue weighted by Crippen LogP contribution is 2.22. The standard InChI is InChI=1S/C12H21NOS/c1-5-10(11-7-6-8-15-11)13-9-12(2,3)14-4/h6-8,10,13H,5,9H2,1-4H3. The molecule has 0 radical (unpaired) electrons. The predicted molar refractivity (Wildman–Crippen MR) is 66.4 cm³/mol. The van der Waals surface area contributed by atoms with Gasteiger partial charge in [-0.15, -0.1) is 11.3 Å². The third kappa shape index (κ3) is 3.93. The monoisotopic (exact) mass is 227 g/mol. The fraction of sp³-hybridized carbons (Fsp3) is 0.667. The molecule has 0 spiro atoms. The molecule has 1 heterocycles. The lowest BCUT2D eigenvalue weighted by Crippen LogP contribution is -2.38. The van der Waals surface area contributed by atoms with Crippen LogP contribution in [0.15, 0.2) is 17.5 Å². The highest BCUT2D eigenvalue weighted by Gasteiger charge is 2.18. The summed E-state index contributed by atoms with van der Waals surface area (Å²) < 4.78 is 5.39. The summed E-state index contributed by atoms with van der Waals surface area (Å²) >= 11 is 1.81. The Balaban J connectivity index is 2.49. The van der Waals surface area contributed by atoms with E-state index in [0.717, 1.165) is 13.0 Å². The van der Waals surface area contributed by atoms with Crippen LogP contribution in [0.25, 0.3) is 0 Å². The number of rotatable bonds is 6. The van der Waals surface area contributed by atoms with Crippen molar-refractivity contribution < 1.29 is 4.74 Å². The van der Waals surface area contributed by atoms with Crippen molar-refractivity contribution in [3.05, 3.63) is 22.4 Å². The topological polar surface area (TPSA) is 21.3 Å². The van der Waals surface area contributed by atoms with Gasteiger partial charge in [-0.1, -0.05) is 13.0 Å². The van der Waals surface area contributed by atoms with Gasteiger partial charge in [0.2, 0.25) is 0 Å². The van der Waals surface area contributed by atoms with Gasteiger partial charge in [0.25, 0.3) is 0 Å². The van der Waals surface area contributed by atoms with Crippen molar-refractivity contribution in [2.75, 3.05) is 13.7 Å². The average molecular weight is 227 g/mol. The van der Waals surface area contributed by atoms with Gasteiger partial charge in [-0.25, -0.2) is 0 Å². The second-order valence-corrected chi connectivity index (χ2v) is 5.30. The molecule has 0 aliphatic heterocycles. The lowest BCUT2D eigenvalue weighted by Gasteiger charge is -2.26. The van der Waals surface area contributed by atoms with Crippen molar-refractivity contribution in [1.29, 1.82) is 0 Å². The molecule has 3 heteroatoms. The van der Waals surface area contributed by atoms with E-state index in [1.807, 2.05) is 11.3 Å². The molecular formula is C12H21NOS. The summed E-state index contributed by atoms with van der Waals surface area (Å²) in [4.78, 5) is 1.41. The minimum absolute atomic E-state index is 0.0926. The molecule has 1 rings (SSSR count). The van der Waals surface area contributed by atoms with E-state index in [-0.39, 0.29) is 5.60 Å². The molecule has 0 fully saturated rings. The van der Waals surface area contributed by atoms with Crippen LogP contribution >= 0.6 is 11.3 Å². The van der Waals surface area contributed by atoms with Crippen molar-refractivity contribution in [2.45, 2.75) is 38.8 Å². The largest absolute Gasteiger partial charge is 0.377 e. The normalized spacial score (nSPS) is 14.1. The molecule has 86 valence electrons. The molecule has 0 aliphatic rings. The van der Waals surface area contributed by atoms with Crippen molar-refractivity contribution in [3.63, 3.8) is 0 Å². The van der Waals surface area contributed by atoms with E-state index < -0.39 is 0 Å². The highest BCUT2D eigenvalue weighted by molar-refractivity contribution is 7.10. The third-order valence-corrected chi connectivity index (χ3v) is 3.61. The van der Waals surface area contributed by atoms with Gasteiger partial charge in [-0.3, -0.25) is 0 Å². The minimum Gasteiger partial charge on any atom is -0.377 e. The Bertz CT molecular complexity index is 269.